The average Bonchev–Trinajstić information content (AvgIpc) is 2.80. The largest absolute Gasteiger partial charge is 0.444 e. The number of nitrogens with one attached hydrogen (secondary N) is 2. The van der Waals surface area contributed by atoms with Crippen LogP contribution in [0.3, 0.4) is 0 Å². The number of nitrogens with zero attached hydrogens (tertiary/aromatic N) is 1. The van der Waals surface area contributed by atoms with Crippen LogP contribution >= 0.6 is 0 Å². The topological polar surface area (TPSA) is 106 Å². The Bertz CT molecular complexity index is 974. The van der Waals surface area contributed by atoms with E-state index in [2.05, 4.69) is 15.6 Å². The third-order valence-corrected chi connectivity index (χ3v) is 6.15. The van der Waals surface area contributed by atoms with Crippen LogP contribution in [0.5, 0.6) is 0 Å². The second kappa shape index (κ2) is 11.5. The molecule has 0 spiro atoms. The van der Waals surface area contributed by atoms with Crippen molar-refractivity contribution in [2.75, 3.05) is 13.1 Å². The number of amides is 2. The van der Waals surface area contributed by atoms with Crippen LogP contribution in [0.15, 0.2) is 36.4 Å². The van der Waals surface area contributed by atoms with Crippen molar-refractivity contribution >= 4 is 12.0 Å². The van der Waals surface area contributed by atoms with Crippen molar-refractivity contribution in [3.63, 3.8) is 0 Å². The highest BCUT2D eigenvalue weighted by Gasteiger charge is 2.23. The molecule has 2 aromatic rings. The number of aryl methyl sites for hydroxylation is 1. The summed E-state index contributed by atoms with van der Waals surface area (Å²) >= 11 is 0. The van der Waals surface area contributed by atoms with Gasteiger partial charge in [-0.05, 0) is 82.9 Å². The Morgan fingerprint density at radius 3 is 2.15 bits per heavy atom. The third kappa shape index (κ3) is 7.83. The van der Waals surface area contributed by atoms with Crippen molar-refractivity contribution in [3.05, 3.63) is 53.2 Å². The van der Waals surface area contributed by atoms with E-state index in [1.165, 1.54) is 0 Å². The van der Waals surface area contributed by atoms with Gasteiger partial charge in [0.1, 0.15) is 5.60 Å². The van der Waals surface area contributed by atoms with Gasteiger partial charge in [-0.2, -0.15) is 0 Å². The molecule has 1 aliphatic rings. The molecule has 1 aromatic carbocycles. The number of carbonyl (C=O) groups is 2. The normalized spacial score (nSPS) is 18.3. The zero-order chi connectivity index (χ0) is 24.7. The number of hydrogen-bond acceptors (Lipinski definition) is 5. The third-order valence-electron chi connectivity index (χ3n) is 6.15. The number of benzene rings is 1. The Morgan fingerprint density at radius 2 is 1.59 bits per heavy atom. The predicted molar refractivity (Wildman–Crippen MR) is 134 cm³/mol. The molecule has 7 nitrogen and oxygen atoms in total. The fourth-order valence-corrected chi connectivity index (χ4v) is 4.28. The lowest BCUT2D eigenvalue weighted by Gasteiger charge is -2.29. The lowest BCUT2D eigenvalue weighted by atomic mass is 9.82. The van der Waals surface area contributed by atoms with Crippen molar-refractivity contribution in [2.24, 2.45) is 17.6 Å². The lowest BCUT2D eigenvalue weighted by molar-refractivity contribution is 0.0512. The van der Waals surface area contributed by atoms with Gasteiger partial charge in [0.05, 0.1) is 5.69 Å². The minimum atomic E-state index is -0.483. The van der Waals surface area contributed by atoms with E-state index in [1.807, 2.05) is 64.1 Å². The lowest BCUT2D eigenvalue weighted by Crippen LogP contribution is -2.37. The number of nitrogens with two attached hydrogens (primary N) is 1. The van der Waals surface area contributed by atoms with Crippen LogP contribution < -0.4 is 16.4 Å². The van der Waals surface area contributed by atoms with Gasteiger partial charge in [-0.25, -0.2) is 4.79 Å². The van der Waals surface area contributed by atoms with Crippen molar-refractivity contribution in [2.45, 2.75) is 65.5 Å². The molecular weight excluding hydrogens is 428 g/mol. The van der Waals surface area contributed by atoms with Crippen molar-refractivity contribution < 1.29 is 14.3 Å². The van der Waals surface area contributed by atoms with Gasteiger partial charge >= 0.3 is 6.09 Å². The van der Waals surface area contributed by atoms with E-state index >= 15 is 0 Å². The first-order valence-electron chi connectivity index (χ1n) is 12.2. The first kappa shape index (κ1) is 25.7. The molecule has 0 bridgehead atoms. The van der Waals surface area contributed by atoms with Crippen LogP contribution in [-0.4, -0.2) is 35.7 Å². The number of rotatable bonds is 7. The molecule has 0 saturated heterocycles. The van der Waals surface area contributed by atoms with Gasteiger partial charge in [-0.15, -0.1) is 0 Å². The smallest absolute Gasteiger partial charge is 0.407 e. The first-order chi connectivity index (χ1) is 16.1. The molecule has 1 aliphatic carbocycles. The maximum atomic E-state index is 12.9. The highest BCUT2D eigenvalue weighted by atomic mass is 16.6. The van der Waals surface area contributed by atoms with E-state index in [9.17, 15) is 9.59 Å². The number of alkyl carbamates (subject to hydrolysis) is 1. The molecule has 0 aliphatic heterocycles. The summed E-state index contributed by atoms with van der Waals surface area (Å²) in [7, 11) is 0. The minimum absolute atomic E-state index is 0.0703. The second-order valence-electron chi connectivity index (χ2n) is 10.3. The van der Waals surface area contributed by atoms with E-state index < -0.39 is 5.60 Å². The molecule has 184 valence electrons. The Labute approximate surface area is 202 Å². The SMILES string of the molecule is Cc1cc(C(=O)NCC2CCC(CNC(=O)OC(C)(C)C)CC2)cc(-c2ccc(CN)cc2)n1. The molecule has 0 atom stereocenters. The first-order valence-corrected chi connectivity index (χ1v) is 12.2. The molecular formula is C27H38N4O3. The van der Waals surface area contributed by atoms with Gasteiger partial charge in [0, 0.05) is 36.5 Å². The number of ether oxygens (including phenoxy) is 1. The van der Waals surface area contributed by atoms with Crippen LogP contribution in [0.25, 0.3) is 11.3 Å². The molecule has 7 heteroatoms. The van der Waals surface area contributed by atoms with E-state index in [0.29, 0.717) is 37.0 Å². The summed E-state index contributed by atoms with van der Waals surface area (Å²) in [5.74, 6) is 0.836. The van der Waals surface area contributed by atoms with E-state index in [0.717, 1.165) is 48.2 Å². The predicted octanol–water partition coefficient (Wildman–Crippen LogP) is 4.58. The van der Waals surface area contributed by atoms with E-state index in [-0.39, 0.29) is 12.0 Å². The van der Waals surface area contributed by atoms with Gasteiger partial charge in [0.15, 0.2) is 0 Å². The number of carbonyl (C=O) groups excluding carboxylic acids is 2. The molecule has 2 amide bonds. The van der Waals surface area contributed by atoms with Crippen LogP contribution in [-0.2, 0) is 11.3 Å². The van der Waals surface area contributed by atoms with Crippen molar-refractivity contribution in [1.82, 2.24) is 15.6 Å². The standard InChI is InChI=1S/C27H38N4O3/c1-18-13-23(14-24(31-18)22-11-9-19(15-28)10-12-22)25(32)29-16-20-5-7-21(8-6-20)17-30-26(33)34-27(2,3)4/h9-14,20-21H,5-8,15-17,28H2,1-4H3,(H,29,32)(H,30,33). The van der Waals surface area contributed by atoms with Crippen LogP contribution in [0.2, 0.25) is 0 Å². The average molecular weight is 467 g/mol. The molecule has 3 rings (SSSR count). The quantitative estimate of drug-likeness (QED) is 0.554. The molecule has 0 radical (unpaired) electrons. The fraction of sp³-hybridized carbons (Fsp3) is 0.519. The van der Waals surface area contributed by atoms with Gasteiger partial charge in [-0.3, -0.25) is 9.78 Å². The van der Waals surface area contributed by atoms with Gasteiger partial charge in [-0.1, -0.05) is 24.3 Å². The Hall–Kier alpha value is -2.93. The summed E-state index contributed by atoms with van der Waals surface area (Å²) in [5.41, 5.74) is 9.45. The van der Waals surface area contributed by atoms with Crippen LogP contribution in [0.4, 0.5) is 4.79 Å². The van der Waals surface area contributed by atoms with Gasteiger partial charge in [0.25, 0.3) is 5.91 Å². The summed E-state index contributed by atoms with van der Waals surface area (Å²) in [6.07, 6.45) is 3.79. The van der Waals surface area contributed by atoms with Gasteiger partial charge in [0.2, 0.25) is 0 Å². The number of hydrogen-bond donors (Lipinski definition) is 3. The maximum Gasteiger partial charge on any atom is 0.407 e. The van der Waals surface area contributed by atoms with E-state index in [4.69, 9.17) is 10.5 Å². The number of pyridine rings is 1. The van der Waals surface area contributed by atoms with Crippen LogP contribution in [0, 0.1) is 18.8 Å². The molecule has 1 fully saturated rings. The zero-order valence-corrected chi connectivity index (χ0v) is 20.8. The fourth-order valence-electron chi connectivity index (χ4n) is 4.28. The number of aromatic nitrogens is 1. The molecule has 1 aromatic heterocycles. The summed E-state index contributed by atoms with van der Waals surface area (Å²) in [6, 6.07) is 11.6. The van der Waals surface area contributed by atoms with Crippen LogP contribution in [0.1, 0.15) is 68.1 Å². The van der Waals surface area contributed by atoms with E-state index in [1.54, 1.807) is 0 Å². The Kier molecular flexibility index (Phi) is 8.67. The Balaban J connectivity index is 1.47. The molecule has 34 heavy (non-hydrogen) atoms. The maximum absolute atomic E-state index is 12.9. The minimum Gasteiger partial charge on any atom is -0.444 e. The Morgan fingerprint density at radius 1 is 1.00 bits per heavy atom. The summed E-state index contributed by atoms with van der Waals surface area (Å²) in [6.45, 7) is 9.28. The van der Waals surface area contributed by atoms with Crippen molar-refractivity contribution in [3.8, 4) is 11.3 Å². The molecule has 4 N–H and O–H groups in total. The molecule has 1 saturated carbocycles. The van der Waals surface area contributed by atoms with Crippen molar-refractivity contribution in [1.29, 1.82) is 0 Å². The zero-order valence-electron chi connectivity index (χ0n) is 20.8. The summed E-state index contributed by atoms with van der Waals surface area (Å²) < 4.78 is 5.31. The highest BCUT2D eigenvalue weighted by molar-refractivity contribution is 5.95. The van der Waals surface area contributed by atoms with Gasteiger partial charge < -0.3 is 21.1 Å². The highest BCUT2D eigenvalue weighted by Crippen LogP contribution is 2.28. The molecule has 0 unspecified atom stereocenters. The molecule has 1 heterocycles. The second-order valence-corrected chi connectivity index (χ2v) is 10.3. The summed E-state index contributed by atoms with van der Waals surface area (Å²) in [4.78, 5) is 29.3. The summed E-state index contributed by atoms with van der Waals surface area (Å²) in [5, 5.41) is 5.99. The monoisotopic (exact) mass is 466 g/mol.